The molecule has 0 spiro atoms. The van der Waals surface area contributed by atoms with Crippen LogP contribution in [0.2, 0.25) is 0 Å². The van der Waals surface area contributed by atoms with Crippen LogP contribution in [-0.4, -0.2) is 61.7 Å². The Morgan fingerprint density at radius 2 is 1.72 bits per heavy atom. The fraction of sp³-hybridized carbons (Fsp3) is 0.500. The number of nitrogens with one attached hydrogen (secondary N) is 1. The van der Waals surface area contributed by atoms with E-state index in [0.717, 1.165) is 4.47 Å². The molecule has 0 aliphatic carbocycles. The molecule has 25 heavy (non-hydrogen) atoms. The summed E-state index contributed by atoms with van der Waals surface area (Å²) in [7, 11) is -3.57. The Morgan fingerprint density at radius 3 is 2.24 bits per heavy atom. The van der Waals surface area contributed by atoms with E-state index in [1.54, 1.807) is 43.0 Å². The summed E-state index contributed by atoms with van der Waals surface area (Å²) in [6.45, 7) is 4.44. The van der Waals surface area contributed by atoms with E-state index < -0.39 is 16.1 Å². The van der Waals surface area contributed by atoms with E-state index in [1.165, 1.54) is 4.31 Å². The van der Waals surface area contributed by atoms with Gasteiger partial charge in [0.1, 0.15) is 6.04 Å². The lowest BCUT2D eigenvalue weighted by Crippen LogP contribution is -2.55. The lowest BCUT2D eigenvalue weighted by molar-refractivity contribution is -0.136. The summed E-state index contributed by atoms with van der Waals surface area (Å²) < 4.78 is 27.5. The largest absolute Gasteiger partial charge is 0.345 e. The molecule has 0 saturated carbocycles. The van der Waals surface area contributed by atoms with Gasteiger partial charge < -0.3 is 10.2 Å². The van der Waals surface area contributed by atoms with Gasteiger partial charge in [-0.2, -0.15) is 4.31 Å². The van der Waals surface area contributed by atoms with Crippen molar-refractivity contribution in [3.05, 3.63) is 28.7 Å². The van der Waals surface area contributed by atoms with E-state index in [4.69, 9.17) is 0 Å². The second-order valence-electron chi connectivity index (χ2n) is 5.83. The molecule has 1 aromatic carbocycles. The van der Waals surface area contributed by atoms with Crippen molar-refractivity contribution in [1.82, 2.24) is 14.5 Å². The van der Waals surface area contributed by atoms with Crippen LogP contribution in [-0.2, 0) is 19.6 Å². The third kappa shape index (κ3) is 4.80. The summed E-state index contributed by atoms with van der Waals surface area (Å²) in [6.07, 6.45) is 0.316. The Morgan fingerprint density at radius 1 is 1.16 bits per heavy atom. The first kappa shape index (κ1) is 19.9. The summed E-state index contributed by atoms with van der Waals surface area (Å²) in [6, 6.07) is 5.87. The van der Waals surface area contributed by atoms with Gasteiger partial charge in [0.25, 0.3) is 0 Å². The fourth-order valence-corrected chi connectivity index (χ4v) is 4.27. The molecular weight excluding hydrogens is 410 g/mol. The normalized spacial score (nSPS) is 17.2. The summed E-state index contributed by atoms with van der Waals surface area (Å²) >= 11 is 3.29. The molecule has 1 aromatic rings. The number of halogens is 1. The zero-order valence-electron chi connectivity index (χ0n) is 14.2. The van der Waals surface area contributed by atoms with E-state index in [2.05, 4.69) is 21.2 Å². The van der Waals surface area contributed by atoms with Gasteiger partial charge in [-0.05, 0) is 31.2 Å². The van der Waals surface area contributed by atoms with Gasteiger partial charge in [-0.1, -0.05) is 22.9 Å². The van der Waals surface area contributed by atoms with Crippen molar-refractivity contribution < 1.29 is 18.0 Å². The highest BCUT2D eigenvalue weighted by Crippen LogP contribution is 2.20. The van der Waals surface area contributed by atoms with Gasteiger partial charge in [-0.25, -0.2) is 8.42 Å². The quantitative estimate of drug-likeness (QED) is 0.758. The number of amides is 2. The first-order chi connectivity index (χ1) is 11.8. The van der Waals surface area contributed by atoms with E-state index in [-0.39, 0.29) is 29.8 Å². The van der Waals surface area contributed by atoms with Crippen LogP contribution in [0.1, 0.15) is 20.3 Å². The minimum absolute atomic E-state index is 0.183. The molecule has 0 radical (unpaired) electrons. The SMILES string of the molecule is CCC(=O)N[C@@H](C)C(=O)N1CCN(S(=O)(=O)c2ccc(Br)cc2)CC1. The highest BCUT2D eigenvalue weighted by molar-refractivity contribution is 9.10. The number of carbonyl (C=O) groups is 2. The van der Waals surface area contributed by atoms with E-state index in [0.29, 0.717) is 19.5 Å². The fourth-order valence-electron chi connectivity index (χ4n) is 2.58. The van der Waals surface area contributed by atoms with E-state index in [9.17, 15) is 18.0 Å². The molecule has 0 unspecified atom stereocenters. The van der Waals surface area contributed by atoms with Gasteiger partial charge in [0.15, 0.2) is 0 Å². The first-order valence-electron chi connectivity index (χ1n) is 8.09. The van der Waals surface area contributed by atoms with Gasteiger partial charge in [0, 0.05) is 37.1 Å². The van der Waals surface area contributed by atoms with Crippen LogP contribution in [0.25, 0.3) is 0 Å². The zero-order valence-corrected chi connectivity index (χ0v) is 16.6. The molecule has 1 atom stereocenters. The number of sulfonamides is 1. The Hall–Kier alpha value is -1.45. The van der Waals surface area contributed by atoms with Crippen LogP contribution in [0.5, 0.6) is 0 Å². The van der Waals surface area contributed by atoms with Crippen LogP contribution in [0.4, 0.5) is 0 Å². The Balaban J connectivity index is 1.98. The molecule has 1 fully saturated rings. The smallest absolute Gasteiger partial charge is 0.244 e. The standard InChI is InChI=1S/C16H22BrN3O4S/c1-3-15(21)18-12(2)16(22)19-8-10-20(11-9-19)25(23,24)14-6-4-13(17)5-7-14/h4-7,12H,3,8-11H2,1-2H3,(H,18,21)/t12-/m0/s1. The van der Waals surface area contributed by atoms with Gasteiger partial charge in [-0.3, -0.25) is 9.59 Å². The van der Waals surface area contributed by atoms with Gasteiger partial charge in [-0.15, -0.1) is 0 Å². The minimum atomic E-state index is -3.57. The summed E-state index contributed by atoms with van der Waals surface area (Å²) in [4.78, 5) is 25.6. The third-order valence-corrected chi connectivity index (χ3v) is 6.51. The van der Waals surface area contributed by atoms with Crippen molar-refractivity contribution in [2.24, 2.45) is 0 Å². The Bertz CT molecular complexity index is 728. The van der Waals surface area contributed by atoms with Crippen molar-refractivity contribution in [2.45, 2.75) is 31.2 Å². The van der Waals surface area contributed by atoms with Crippen molar-refractivity contribution in [2.75, 3.05) is 26.2 Å². The molecule has 1 heterocycles. The average Bonchev–Trinajstić information content (AvgIpc) is 2.61. The maximum absolute atomic E-state index is 12.6. The summed E-state index contributed by atoms with van der Waals surface area (Å²) in [5.74, 6) is -0.375. The summed E-state index contributed by atoms with van der Waals surface area (Å²) in [5.41, 5.74) is 0. The van der Waals surface area contributed by atoms with Crippen molar-refractivity contribution in [3.63, 3.8) is 0 Å². The first-order valence-corrected chi connectivity index (χ1v) is 10.3. The van der Waals surface area contributed by atoms with Gasteiger partial charge in [0.2, 0.25) is 21.8 Å². The van der Waals surface area contributed by atoms with Crippen LogP contribution in [0.15, 0.2) is 33.6 Å². The second-order valence-corrected chi connectivity index (χ2v) is 8.68. The molecule has 1 aliphatic rings. The molecule has 7 nitrogen and oxygen atoms in total. The molecule has 2 amide bonds. The number of piperazine rings is 1. The molecule has 9 heteroatoms. The average molecular weight is 432 g/mol. The van der Waals surface area contributed by atoms with Crippen molar-refractivity contribution in [1.29, 1.82) is 0 Å². The molecule has 0 aromatic heterocycles. The highest BCUT2D eigenvalue weighted by atomic mass is 79.9. The molecular formula is C16H22BrN3O4S. The van der Waals surface area contributed by atoms with Crippen LogP contribution in [0.3, 0.4) is 0 Å². The Kier molecular flexibility index (Phi) is 6.59. The molecule has 138 valence electrons. The molecule has 1 N–H and O–H groups in total. The minimum Gasteiger partial charge on any atom is -0.345 e. The van der Waals surface area contributed by atoms with Crippen LogP contribution < -0.4 is 5.32 Å². The third-order valence-electron chi connectivity index (χ3n) is 4.07. The highest BCUT2D eigenvalue weighted by Gasteiger charge is 2.31. The Labute approximate surface area is 156 Å². The number of hydrogen-bond donors (Lipinski definition) is 1. The van der Waals surface area contributed by atoms with Crippen LogP contribution >= 0.6 is 15.9 Å². The molecule has 2 rings (SSSR count). The topological polar surface area (TPSA) is 86.8 Å². The van der Waals surface area contributed by atoms with Crippen molar-refractivity contribution >= 4 is 37.8 Å². The number of carbonyl (C=O) groups excluding carboxylic acids is 2. The number of benzene rings is 1. The molecule has 1 aliphatic heterocycles. The molecule has 1 saturated heterocycles. The second kappa shape index (κ2) is 8.29. The predicted octanol–water partition coefficient (Wildman–Crippen LogP) is 1.20. The predicted molar refractivity (Wildman–Crippen MR) is 97.4 cm³/mol. The van der Waals surface area contributed by atoms with Crippen LogP contribution in [0, 0.1) is 0 Å². The number of hydrogen-bond acceptors (Lipinski definition) is 4. The van der Waals surface area contributed by atoms with E-state index >= 15 is 0 Å². The van der Waals surface area contributed by atoms with Gasteiger partial charge >= 0.3 is 0 Å². The lowest BCUT2D eigenvalue weighted by atomic mass is 10.2. The summed E-state index contributed by atoms with van der Waals surface area (Å²) in [5, 5.41) is 2.63. The maximum Gasteiger partial charge on any atom is 0.244 e. The lowest BCUT2D eigenvalue weighted by Gasteiger charge is -2.35. The van der Waals surface area contributed by atoms with Gasteiger partial charge in [0.05, 0.1) is 4.90 Å². The number of nitrogens with zero attached hydrogens (tertiary/aromatic N) is 2. The van der Waals surface area contributed by atoms with E-state index in [1.807, 2.05) is 0 Å². The molecule has 0 bridgehead atoms. The zero-order chi connectivity index (χ0) is 18.6. The van der Waals surface area contributed by atoms with Crippen molar-refractivity contribution in [3.8, 4) is 0 Å². The monoisotopic (exact) mass is 431 g/mol. The number of rotatable bonds is 5. The maximum atomic E-state index is 12.6.